The van der Waals surface area contributed by atoms with E-state index in [1.54, 1.807) is 6.20 Å². The number of amides is 1. The molecule has 1 fully saturated rings. The fraction of sp³-hybridized carbons (Fsp3) is 0.235. The number of nitrogens with two attached hydrogens (primary N) is 1. The summed E-state index contributed by atoms with van der Waals surface area (Å²) in [5.41, 5.74) is 7.47. The van der Waals surface area contributed by atoms with Gasteiger partial charge in [0.1, 0.15) is 0 Å². The van der Waals surface area contributed by atoms with Crippen molar-refractivity contribution >= 4 is 5.91 Å². The van der Waals surface area contributed by atoms with Crippen LogP contribution in [0, 0.1) is 0 Å². The van der Waals surface area contributed by atoms with Crippen LogP contribution >= 0.6 is 0 Å². The standard InChI is InChI=1S/C17H16N4O2/c18-17(22)15-14(12-8-13(9-12)21-7-6-19-10-21)16(23-20-15)11-4-2-1-3-5-11/h1-7,10,12-13H,8-9H2,(H2,18,22). The van der Waals surface area contributed by atoms with E-state index in [-0.39, 0.29) is 11.6 Å². The van der Waals surface area contributed by atoms with Crippen LogP contribution in [-0.2, 0) is 0 Å². The summed E-state index contributed by atoms with van der Waals surface area (Å²) in [5, 5.41) is 3.91. The molecule has 0 saturated heterocycles. The van der Waals surface area contributed by atoms with Crippen LogP contribution in [0.2, 0.25) is 0 Å². The highest BCUT2D eigenvalue weighted by atomic mass is 16.5. The fourth-order valence-electron chi connectivity index (χ4n) is 3.20. The molecule has 4 rings (SSSR count). The molecule has 2 heterocycles. The molecule has 0 bridgehead atoms. The maximum atomic E-state index is 11.7. The molecule has 0 spiro atoms. The Morgan fingerprint density at radius 3 is 2.70 bits per heavy atom. The Morgan fingerprint density at radius 2 is 2.04 bits per heavy atom. The van der Waals surface area contributed by atoms with Gasteiger partial charge in [0.15, 0.2) is 11.5 Å². The second-order valence-corrected chi connectivity index (χ2v) is 5.84. The van der Waals surface area contributed by atoms with Gasteiger partial charge in [-0.25, -0.2) is 4.98 Å². The summed E-state index contributed by atoms with van der Waals surface area (Å²) in [4.78, 5) is 15.8. The minimum absolute atomic E-state index is 0.214. The van der Waals surface area contributed by atoms with Crippen LogP contribution in [-0.4, -0.2) is 20.6 Å². The van der Waals surface area contributed by atoms with Crippen molar-refractivity contribution in [2.24, 2.45) is 5.73 Å². The third kappa shape index (κ3) is 2.32. The minimum Gasteiger partial charge on any atom is -0.364 e. The molecule has 1 aromatic carbocycles. The SMILES string of the molecule is NC(=O)c1noc(-c2ccccc2)c1C1CC(n2ccnc2)C1. The van der Waals surface area contributed by atoms with Crippen LogP contribution in [0.4, 0.5) is 0 Å². The van der Waals surface area contributed by atoms with E-state index < -0.39 is 5.91 Å². The van der Waals surface area contributed by atoms with Crippen molar-refractivity contribution in [3.05, 3.63) is 60.3 Å². The average Bonchev–Trinajstić information content (AvgIpc) is 3.16. The summed E-state index contributed by atoms with van der Waals surface area (Å²) in [6, 6.07) is 10.1. The summed E-state index contributed by atoms with van der Waals surface area (Å²) in [7, 11) is 0. The van der Waals surface area contributed by atoms with Crippen LogP contribution in [0.15, 0.2) is 53.6 Å². The molecule has 1 amide bonds. The van der Waals surface area contributed by atoms with Gasteiger partial charge in [0.25, 0.3) is 5.91 Å². The molecule has 6 heteroatoms. The van der Waals surface area contributed by atoms with E-state index >= 15 is 0 Å². The molecule has 0 atom stereocenters. The van der Waals surface area contributed by atoms with Gasteiger partial charge in [-0.05, 0) is 18.8 Å². The molecule has 0 radical (unpaired) electrons. The zero-order valence-corrected chi connectivity index (χ0v) is 12.4. The Labute approximate surface area is 132 Å². The summed E-state index contributed by atoms with van der Waals surface area (Å²) in [6.07, 6.45) is 7.38. The number of hydrogen-bond donors (Lipinski definition) is 1. The lowest BCUT2D eigenvalue weighted by Crippen LogP contribution is -2.26. The lowest BCUT2D eigenvalue weighted by molar-refractivity contribution is 0.0989. The van der Waals surface area contributed by atoms with Crippen molar-refractivity contribution in [1.82, 2.24) is 14.7 Å². The van der Waals surface area contributed by atoms with Gasteiger partial charge in [-0.15, -0.1) is 0 Å². The van der Waals surface area contributed by atoms with Gasteiger partial charge in [-0.2, -0.15) is 0 Å². The van der Waals surface area contributed by atoms with Crippen molar-refractivity contribution in [3.63, 3.8) is 0 Å². The smallest absolute Gasteiger partial charge is 0.271 e. The zero-order chi connectivity index (χ0) is 15.8. The number of hydrogen-bond acceptors (Lipinski definition) is 4. The Bertz CT molecular complexity index is 818. The molecule has 6 nitrogen and oxygen atoms in total. The molecule has 1 aliphatic carbocycles. The van der Waals surface area contributed by atoms with Gasteiger partial charge < -0.3 is 14.8 Å². The normalized spacial score (nSPS) is 20.2. The van der Waals surface area contributed by atoms with Gasteiger partial charge in [0, 0.05) is 29.6 Å². The number of carbonyl (C=O) groups is 1. The summed E-state index contributed by atoms with van der Waals surface area (Å²) >= 11 is 0. The van der Waals surface area contributed by atoms with Crippen LogP contribution in [0.25, 0.3) is 11.3 Å². The first-order chi connectivity index (χ1) is 11.2. The number of carbonyl (C=O) groups excluding carboxylic acids is 1. The van der Waals surface area contributed by atoms with Gasteiger partial charge >= 0.3 is 0 Å². The topological polar surface area (TPSA) is 86.9 Å². The maximum absolute atomic E-state index is 11.7. The molecule has 1 aliphatic rings. The number of imidazole rings is 1. The van der Waals surface area contributed by atoms with Crippen LogP contribution < -0.4 is 5.73 Å². The van der Waals surface area contributed by atoms with Crippen molar-refractivity contribution in [1.29, 1.82) is 0 Å². The first-order valence-corrected chi connectivity index (χ1v) is 7.56. The highest BCUT2D eigenvalue weighted by molar-refractivity contribution is 5.94. The minimum atomic E-state index is -0.544. The van der Waals surface area contributed by atoms with E-state index in [4.69, 9.17) is 10.3 Å². The Kier molecular flexibility index (Phi) is 3.22. The number of rotatable bonds is 4. The molecule has 23 heavy (non-hydrogen) atoms. The van der Waals surface area contributed by atoms with E-state index in [1.165, 1.54) is 0 Å². The Morgan fingerprint density at radius 1 is 1.26 bits per heavy atom. The van der Waals surface area contributed by atoms with Gasteiger partial charge in [0.2, 0.25) is 0 Å². The molecule has 2 N–H and O–H groups in total. The monoisotopic (exact) mass is 308 g/mol. The lowest BCUT2D eigenvalue weighted by atomic mass is 9.74. The fourth-order valence-corrected chi connectivity index (χ4v) is 3.20. The van der Waals surface area contributed by atoms with Crippen LogP contribution in [0.5, 0.6) is 0 Å². The van der Waals surface area contributed by atoms with Gasteiger partial charge in [0.05, 0.1) is 6.33 Å². The average molecular weight is 308 g/mol. The predicted molar refractivity (Wildman–Crippen MR) is 83.7 cm³/mol. The summed E-state index contributed by atoms with van der Waals surface area (Å²) in [6.45, 7) is 0. The lowest BCUT2D eigenvalue weighted by Gasteiger charge is -2.36. The summed E-state index contributed by atoms with van der Waals surface area (Å²) < 4.78 is 7.55. The molecule has 1 saturated carbocycles. The third-order valence-electron chi connectivity index (χ3n) is 4.47. The number of aromatic nitrogens is 3. The molecule has 0 unspecified atom stereocenters. The van der Waals surface area contributed by atoms with Crippen LogP contribution in [0.1, 0.15) is 40.9 Å². The van der Waals surface area contributed by atoms with Gasteiger partial charge in [-0.1, -0.05) is 35.5 Å². The number of benzene rings is 1. The van der Waals surface area contributed by atoms with Crippen LogP contribution in [0.3, 0.4) is 0 Å². The highest BCUT2D eigenvalue weighted by Gasteiger charge is 2.37. The quantitative estimate of drug-likeness (QED) is 0.803. The second-order valence-electron chi connectivity index (χ2n) is 5.84. The Hall–Kier alpha value is -2.89. The molecular formula is C17H16N4O2. The van der Waals surface area contributed by atoms with Crippen molar-refractivity contribution < 1.29 is 9.32 Å². The van der Waals surface area contributed by atoms with E-state index in [2.05, 4.69) is 14.7 Å². The highest BCUT2D eigenvalue weighted by Crippen LogP contribution is 2.48. The zero-order valence-electron chi connectivity index (χ0n) is 12.4. The molecular weight excluding hydrogens is 292 g/mol. The summed E-state index contributed by atoms with van der Waals surface area (Å²) in [5.74, 6) is 0.317. The van der Waals surface area contributed by atoms with E-state index in [0.717, 1.165) is 24.0 Å². The first-order valence-electron chi connectivity index (χ1n) is 7.56. The second kappa shape index (κ2) is 5.39. The molecule has 0 aliphatic heterocycles. The molecule has 3 aromatic rings. The van der Waals surface area contributed by atoms with E-state index in [1.807, 2.05) is 42.9 Å². The number of primary amides is 1. The molecule has 2 aromatic heterocycles. The number of nitrogens with zero attached hydrogens (tertiary/aromatic N) is 3. The first kappa shape index (κ1) is 13.8. The Balaban J connectivity index is 1.67. The van der Waals surface area contributed by atoms with Crippen molar-refractivity contribution in [2.75, 3.05) is 0 Å². The van der Waals surface area contributed by atoms with Gasteiger partial charge in [-0.3, -0.25) is 4.79 Å². The van der Waals surface area contributed by atoms with E-state index in [9.17, 15) is 4.79 Å². The van der Waals surface area contributed by atoms with Crippen molar-refractivity contribution in [3.8, 4) is 11.3 Å². The molecule has 116 valence electrons. The van der Waals surface area contributed by atoms with E-state index in [0.29, 0.717) is 11.8 Å². The third-order valence-corrected chi connectivity index (χ3v) is 4.47. The largest absolute Gasteiger partial charge is 0.364 e. The maximum Gasteiger partial charge on any atom is 0.271 e. The predicted octanol–water partition coefficient (Wildman–Crippen LogP) is 2.76. The van der Waals surface area contributed by atoms with Crippen molar-refractivity contribution in [2.45, 2.75) is 24.8 Å².